The van der Waals surface area contributed by atoms with Gasteiger partial charge in [-0.15, -0.1) is 0 Å². The molecule has 1 amide bonds. The summed E-state index contributed by atoms with van der Waals surface area (Å²) < 4.78 is 37.5. The molecule has 0 bridgehead atoms. The van der Waals surface area contributed by atoms with Gasteiger partial charge >= 0.3 is 6.18 Å². The van der Waals surface area contributed by atoms with E-state index in [4.69, 9.17) is 4.84 Å². The largest absolute Gasteiger partial charge is 0.416 e. The summed E-state index contributed by atoms with van der Waals surface area (Å²) in [6, 6.07) is 13.6. The van der Waals surface area contributed by atoms with Crippen molar-refractivity contribution in [2.75, 3.05) is 5.32 Å². The first-order valence-electron chi connectivity index (χ1n) is 7.20. The molecule has 1 aliphatic rings. The average Bonchev–Trinajstić information content (AvgIpc) is 3.05. The van der Waals surface area contributed by atoms with Gasteiger partial charge in [-0.3, -0.25) is 4.79 Å². The quantitative estimate of drug-likeness (QED) is 0.916. The molecular weight excluding hydrogens is 321 g/mol. The number of halogens is 3. The van der Waals surface area contributed by atoms with Gasteiger partial charge in [0.1, 0.15) is 5.71 Å². The number of hydrogen-bond donors (Lipinski definition) is 1. The lowest BCUT2D eigenvalue weighted by molar-refractivity contribution is -0.137. The Balaban J connectivity index is 1.62. The van der Waals surface area contributed by atoms with Crippen molar-refractivity contribution < 1.29 is 22.8 Å². The first-order valence-corrected chi connectivity index (χ1v) is 7.20. The molecule has 0 saturated carbocycles. The first-order chi connectivity index (χ1) is 11.4. The van der Waals surface area contributed by atoms with Crippen LogP contribution in [0.15, 0.2) is 59.8 Å². The van der Waals surface area contributed by atoms with Crippen LogP contribution in [-0.2, 0) is 15.8 Å². The number of amides is 1. The molecule has 2 aromatic carbocycles. The van der Waals surface area contributed by atoms with Gasteiger partial charge in [0.15, 0.2) is 6.10 Å². The highest BCUT2D eigenvalue weighted by Gasteiger charge is 2.30. The zero-order valence-electron chi connectivity index (χ0n) is 12.4. The average molecular weight is 334 g/mol. The normalized spacial score (nSPS) is 17.1. The fraction of sp³-hybridized carbons (Fsp3) is 0.176. The Bertz CT molecular complexity index is 756. The molecule has 1 N–H and O–H groups in total. The molecule has 0 aromatic heterocycles. The molecule has 0 fully saturated rings. The van der Waals surface area contributed by atoms with Crippen LogP contribution in [0.5, 0.6) is 0 Å². The smallest absolute Gasteiger partial charge is 0.387 e. The second-order valence-electron chi connectivity index (χ2n) is 5.28. The molecule has 0 aliphatic carbocycles. The number of nitrogens with one attached hydrogen (secondary N) is 1. The summed E-state index contributed by atoms with van der Waals surface area (Å²) in [5.41, 5.74) is 0.590. The number of hydrogen-bond acceptors (Lipinski definition) is 3. The Labute approximate surface area is 135 Å². The van der Waals surface area contributed by atoms with E-state index in [2.05, 4.69) is 10.5 Å². The summed E-state index contributed by atoms with van der Waals surface area (Å²) in [5, 5.41) is 6.29. The summed E-state index contributed by atoms with van der Waals surface area (Å²) in [6.07, 6.45) is -4.44. The SMILES string of the molecule is O=C(Nc1ccc(C(F)(F)F)cc1)C1=NOC(c2ccccc2)C1. The number of rotatable bonds is 3. The zero-order valence-corrected chi connectivity index (χ0v) is 12.4. The van der Waals surface area contributed by atoms with Crippen LogP contribution >= 0.6 is 0 Å². The van der Waals surface area contributed by atoms with Crippen molar-refractivity contribution in [3.8, 4) is 0 Å². The Morgan fingerprint density at radius 2 is 1.75 bits per heavy atom. The highest BCUT2D eigenvalue weighted by atomic mass is 19.4. The second-order valence-corrected chi connectivity index (χ2v) is 5.28. The fourth-order valence-corrected chi connectivity index (χ4v) is 2.30. The molecule has 0 saturated heterocycles. The third-order valence-corrected chi connectivity index (χ3v) is 3.57. The van der Waals surface area contributed by atoms with Crippen LogP contribution in [0.4, 0.5) is 18.9 Å². The van der Waals surface area contributed by atoms with Crippen molar-refractivity contribution in [1.82, 2.24) is 0 Å². The minimum absolute atomic E-state index is 0.198. The molecule has 7 heteroatoms. The van der Waals surface area contributed by atoms with Gasteiger partial charge in [-0.25, -0.2) is 0 Å². The minimum Gasteiger partial charge on any atom is -0.387 e. The number of alkyl halides is 3. The molecule has 3 rings (SSSR count). The van der Waals surface area contributed by atoms with Crippen LogP contribution in [0.2, 0.25) is 0 Å². The van der Waals surface area contributed by atoms with Gasteiger partial charge < -0.3 is 10.2 Å². The lowest BCUT2D eigenvalue weighted by Crippen LogP contribution is -2.21. The van der Waals surface area contributed by atoms with Crippen molar-refractivity contribution in [2.45, 2.75) is 18.7 Å². The Morgan fingerprint density at radius 3 is 2.38 bits per heavy atom. The van der Waals surface area contributed by atoms with Crippen molar-refractivity contribution in [3.05, 3.63) is 65.7 Å². The maximum atomic E-state index is 12.5. The number of benzene rings is 2. The number of oxime groups is 1. The van der Waals surface area contributed by atoms with Gasteiger partial charge in [0.25, 0.3) is 5.91 Å². The Hall–Kier alpha value is -2.83. The molecule has 2 aromatic rings. The van der Waals surface area contributed by atoms with E-state index in [1.54, 1.807) is 0 Å². The van der Waals surface area contributed by atoms with Crippen LogP contribution in [0.1, 0.15) is 23.7 Å². The second kappa shape index (κ2) is 6.35. The van der Waals surface area contributed by atoms with E-state index in [9.17, 15) is 18.0 Å². The van der Waals surface area contributed by atoms with Gasteiger partial charge in [-0.1, -0.05) is 35.5 Å². The van der Waals surface area contributed by atoms with Crippen molar-refractivity contribution in [3.63, 3.8) is 0 Å². The van der Waals surface area contributed by atoms with Crippen LogP contribution in [-0.4, -0.2) is 11.6 Å². The number of carbonyl (C=O) groups excluding carboxylic acids is 1. The molecular formula is C17H13F3N2O2. The lowest BCUT2D eigenvalue weighted by Gasteiger charge is -2.09. The zero-order chi connectivity index (χ0) is 17.2. The van der Waals surface area contributed by atoms with Crippen molar-refractivity contribution in [1.29, 1.82) is 0 Å². The van der Waals surface area contributed by atoms with Gasteiger partial charge in [0.2, 0.25) is 0 Å². The highest BCUT2D eigenvalue weighted by Crippen LogP contribution is 2.30. The fourth-order valence-electron chi connectivity index (χ4n) is 2.30. The van der Waals surface area contributed by atoms with E-state index in [0.717, 1.165) is 17.7 Å². The summed E-state index contributed by atoms with van der Waals surface area (Å²) in [5.74, 6) is -0.492. The van der Waals surface area contributed by atoms with Crippen molar-refractivity contribution >= 4 is 17.3 Å². The standard InChI is InChI=1S/C17H13F3N2O2/c18-17(19,20)12-6-8-13(9-7-12)21-16(23)14-10-15(24-22-14)11-4-2-1-3-5-11/h1-9,15H,10H2,(H,21,23). The predicted molar refractivity (Wildman–Crippen MR) is 82.4 cm³/mol. The van der Waals surface area contributed by atoms with Gasteiger partial charge in [-0.2, -0.15) is 13.2 Å². The molecule has 0 spiro atoms. The Morgan fingerprint density at radius 1 is 1.08 bits per heavy atom. The molecule has 1 atom stereocenters. The van der Waals surface area contributed by atoms with Crippen LogP contribution < -0.4 is 5.32 Å². The van der Waals surface area contributed by atoms with Crippen LogP contribution in [0.3, 0.4) is 0 Å². The van der Waals surface area contributed by atoms with Crippen LogP contribution in [0.25, 0.3) is 0 Å². The van der Waals surface area contributed by atoms with E-state index in [1.807, 2.05) is 30.3 Å². The molecule has 4 nitrogen and oxygen atoms in total. The van der Waals surface area contributed by atoms with Gasteiger partial charge in [0, 0.05) is 12.1 Å². The van der Waals surface area contributed by atoms with E-state index in [-0.39, 0.29) is 17.5 Å². The maximum Gasteiger partial charge on any atom is 0.416 e. The third-order valence-electron chi connectivity index (χ3n) is 3.57. The van der Waals surface area contributed by atoms with Crippen LogP contribution in [0, 0.1) is 0 Å². The topological polar surface area (TPSA) is 50.7 Å². The lowest BCUT2D eigenvalue weighted by atomic mass is 10.0. The Kier molecular flexibility index (Phi) is 4.24. The van der Waals surface area contributed by atoms with Gasteiger partial charge in [0.05, 0.1) is 5.56 Å². The molecule has 1 aliphatic heterocycles. The number of nitrogens with zero attached hydrogens (tertiary/aromatic N) is 1. The molecule has 1 heterocycles. The van der Waals surface area contributed by atoms with Crippen molar-refractivity contribution in [2.24, 2.45) is 5.16 Å². The van der Waals surface area contributed by atoms with E-state index >= 15 is 0 Å². The minimum atomic E-state index is -4.41. The van der Waals surface area contributed by atoms with Gasteiger partial charge in [-0.05, 0) is 29.8 Å². The monoisotopic (exact) mass is 334 g/mol. The van der Waals surface area contributed by atoms with E-state index in [0.29, 0.717) is 6.42 Å². The summed E-state index contributed by atoms with van der Waals surface area (Å²) >= 11 is 0. The van der Waals surface area contributed by atoms with E-state index < -0.39 is 17.6 Å². The molecule has 0 radical (unpaired) electrons. The number of carbonyl (C=O) groups is 1. The third kappa shape index (κ3) is 3.56. The highest BCUT2D eigenvalue weighted by molar-refractivity contribution is 6.43. The molecule has 24 heavy (non-hydrogen) atoms. The maximum absolute atomic E-state index is 12.5. The summed E-state index contributed by atoms with van der Waals surface area (Å²) in [7, 11) is 0. The molecule has 124 valence electrons. The molecule has 1 unspecified atom stereocenters. The predicted octanol–water partition coefficient (Wildman–Crippen LogP) is 4.16. The van der Waals surface area contributed by atoms with E-state index in [1.165, 1.54) is 12.1 Å². The summed E-state index contributed by atoms with van der Waals surface area (Å²) in [6.45, 7) is 0. The summed E-state index contributed by atoms with van der Waals surface area (Å²) in [4.78, 5) is 17.4. The first kappa shape index (κ1) is 16.0. The number of anilines is 1.